The summed E-state index contributed by atoms with van der Waals surface area (Å²) in [5.41, 5.74) is 1.04. The zero-order valence-electron chi connectivity index (χ0n) is 12.5. The van der Waals surface area contributed by atoms with Gasteiger partial charge < -0.3 is 5.11 Å². The Labute approximate surface area is 125 Å². The van der Waals surface area contributed by atoms with Crippen LogP contribution in [-0.4, -0.2) is 25.5 Å². The van der Waals surface area contributed by atoms with Crippen LogP contribution in [0.2, 0.25) is 0 Å². The van der Waals surface area contributed by atoms with Gasteiger partial charge in [0.05, 0.1) is 10.8 Å². The number of rotatable bonds is 4. The molecule has 0 radical (unpaired) electrons. The van der Waals surface area contributed by atoms with Gasteiger partial charge in [-0.2, -0.15) is 0 Å². The van der Waals surface area contributed by atoms with E-state index in [-0.39, 0.29) is 16.4 Å². The van der Waals surface area contributed by atoms with E-state index < -0.39 is 21.9 Å². The second kappa shape index (κ2) is 5.42. The smallest absolute Gasteiger partial charge is 0.306 e. The third-order valence-electron chi connectivity index (χ3n) is 3.84. The standard InChI is InChI=1S/C15H21NO4S/c1-15(2,3)11-4-6-13(7-5-11)21(19,20)16-12-8-10(9-12)14(17)18/h4-7,10,12,16H,8-9H2,1-3H3,(H,17,18). The Morgan fingerprint density at radius 3 is 2.14 bits per heavy atom. The lowest BCUT2D eigenvalue weighted by Crippen LogP contribution is -2.46. The molecule has 0 spiro atoms. The van der Waals surface area contributed by atoms with E-state index in [0.717, 1.165) is 5.56 Å². The fourth-order valence-electron chi connectivity index (χ4n) is 2.34. The molecule has 2 N–H and O–H groups in total. The summed E-state index contributed by atoms with van der Waals surface area (Å²) in [5, 5.41) is 8.80. The Hall–Kier alpha value is -1.40. The van der Waals surface area contributed by atoms with Crippen molar-refractivity contribution in [2.45, 2.75) is 50.0 Å². The summed E-state index contributed by atoms with van der Waals surface area (Å²) in [4.78, 5) is 10.9. The molecule has 1 aliphatic carbocycles. The van der Waals surface area contributed by atoms with Gasteiger partial charge in [-0.15, -0.1) is 0 Å². The van der Waals surface area contributed by atoms with Crippen LogP contribution >= 0.6 is 0 Å². The number of carboxylic acids is 1. The average Bonchev–Trinajstić information content (AvgIpc) is 2.32. The van der Waals surface area contributed by atoms with E-state index in [1.807, 2.05) is 12.1 Å². The first-order valence-corrected chi connectivity index (χ1v) is 8.43. The molecule has 1 aromatic rings. The summed E-state index contributed by atoms with van der Waals surface area (Å²) in [6.07, 6.45) is 0.712. The summed E-state index contributed by atoms with van der Waals surface area (Å²) >= 11 is 0. The Balaban J connectivity index is 2.05. The number of nitrogens with one attached hydrogen (secondary N) is 1. The van der Waals surface area contributed by atoms with Crippen molar-refractivity contribution < 1.29 is 18.3 Å². The summed E-state index contributed by atoms with van der Waals surface area (Å²) in [6, 6.07) is 6.54. The highest BCUT2D eigenvalue weighted by molar-refractivity contribution is 7.89. The van der Waals surface area contributed by atoms with Gasteiger partial charge in [-0.3, -0.25) is 4.79 Å². The van der Waals surface area contributed by atoms with Crippen LogP contribution in [-0.2, 0) is 20.2 Å². The molecule has 2 rings (SSSR count). The van der Waals surface area contributed by atoms with E-state index >= 15 is 0 Å². The zero-order valence-corrected chi connectivity index (χ0v) is 13.3. The Kier molecular flexibility index (Phi) is 4.13. The first-order chi connectivity index (χ1) is 9.59. The highest BCUT2D eigenvalue weighted by Crippen LogP contribution is 2.29. The molecule has 0 atom stereocenters. The van der Waals surface area contributed by atoms with E-state index in [4.69, 9.17) is 5.11 Å². The van der Waals surface area contributed by atoms with Gasteiger partial charge in [0.2, 0.25) is 10.0 Å². The molecule has 0 amide bonds. The lowest BCUT2D eigenvalue weighted by Gasteiger charge is -2.32. The maximum Gasteiger partial charge on any atom is 0.306 e. The van der Waals surface area contributed by atoms with E-state index in [9.17, 15) is 13.2 Å². The number of sulfonamides is 1. The number of carbonyl (C=O) groups is 1. The first kappa shape index (κ1) is 16.0. The van der Waals surface area contributed by atoms with Gasteiger partial charge in [0.1, 0.15) is 0 Å². The van der Waals surface area contributed by atoms with Crippen LogP contribution in [0.15, 0.2) is 29.2 Å². The van der Waals surface area contributed by atoms with Gasteiger partial charge in [0.25, 0.3) is 0 Å². The molecule has 0 bridgehead atoms. The van der Waals surface area contributed by atoms with Gasteiger partial charge >= 0.3 is 5.97 Å². The van der Waals surface area contributed by atoms with Crippen molar-refractivity contribution in [1.82, 2.24) is 4.72 Å². The Morgan fingerprint density at radius 2 is 1.71 bits per heavy atom. The number of benzene rings is 1. The van der Waals surface area contributed by atoms with E-state index in [1.165, 1.54) is 0 Å². The summed E-state index contributed by atoms with van der Waals surface area (Å²) < 4.78 is 27.0. The van der Waals surface area contributed by atoms with Crippen molar-refractivity contribution in [2.75, 3.05) is 0 Å². The molecule has 0 aliphatic heterocycles. The number of carboxylic acid groups (broad SMARTS) is 1. The van der Waals surface area contributed by atoms with Crippen molar-refractivity contribution in [3.63, 3.8) is 0 Å². The normalized spacial score (nSPS) is 22.6. The van der Waals surface area contributed by atoms with Crippen molar-refractivity contribution in [3.05, 3.63) is 29.8 Å². The average molecular weight is 311 g/mol. The van der Waals surface area contributed by atoms with Crippen LogP contribution in [0.1, 0.15) is 39.2 Å². The van der Waals surface area contributed by atoms with E-state index in [2.05, 4.69) is 25.5 Å². The molecule has 0 heterocycles. The van der Waals surface area contributed by atoms with Gasteiger partial charge in [0, 0.05) is 6.04 Å². The second-order valence-corrected chi connectivity index (χ2v) is 8.31. The predicted molar refractivity (Wildman–Crippen MR) is 79.6 cm³/mol. The van der Waals surface area contributed by atoms with Crippen molar-refractivity contribution in [2.24, 2.45) is 5.92 Å². The molecule has 21 heavy (non-hydrogen) atoms. The summed E-state index contributed by atoms with van der Waals surface area (Å²) in [6.45, 7) is 6.19. The van der Waals surface area contributed by atoms with Crippen LogP contribution in [0.3, 0.4) is 0 Å². The maximum atomic E-state index is 12.2. The number of hydrogen-bond acceptors (Lipinski definition) is 3. The highest BCUT2D eigenvalue weighted by atomic mass is 32.2. The van der Waals surface area contributed by atoms with Gasteiger partial charge in [-0.25, -0.2) is 13.1 Å². The molecular weight excluding hydrogens is 290 g/mol. The van der Waals surface area contributed by atoms with Crippen LogP contribution in [0.5, 0.6) is 0 Å². The molecule has 0 saturated heterocycles. The SMILES string of the molecule is CC(C)(C)c1ccc(S(=O)(=O)NC2CC(C(=O)O)C2)cc1. The van der Waals surface area contributed by atoms with Crippen LogP contribution < -0.4 is 4.72 Å². The number of aliphatic carboxylic acids is 1. The summed E-state index contributed by atoms with van der Waals surface area (Å²) in [5.74, 6) is -1.29. The van der Waals surface area contributed by atoms with E-state index in [0.29, 0.717) is 12.8 Å². The van der Waals surface area contributed by atoms with Gasteiger partial charge in [-0.1, -0.05) is 32.9 Å². The Morgan fingerprint density at radius 1 is 1.19 bits per heavy atom. The molecule has 0 aromatic heterocycles. The molecule has 6 heteroatoms. The monoisotopic (exact) mass is 311 g/mol. The fraction of sp³-hybridized carbons (Fsp3) is 0.533. The second-order valence-electron chi connectivity index (χ2n) is 6.60. The van der Waals surface area contributed by atoms with E-state index in [1.54, 1.807) is 12.1 Å². The zero-order chi connectivity index (χ0) is 15.8. The Bertz CT molecular complexity index is 623. The van der Waals surface area contributed by atoms with Crippen LogP contribution in [0.4, 0.5) is 0 Å². The topological polar surface area (TPSA) is 83.5 Å². The van der Waals surface area contributed by atoms with Gasteiger partial charge in [-0.05, 0) is 36.0 Å². The molecule has 1 saturated carbocycles. The highest BCUT2D eigenvalue weighted by Gasteiger charge is 2.36. The minimum Gasteiger partial charge on any atom is -0.481 e. The van der Waals surface area contributed by atoms with Crippen LogP contribution in [0, 0.1) is 5.92 Å². The minimum absolute atomic E-state index is 0.0294. The van der Waals surface area contributed by atoms with Crippen molar-refractivity contribution >= 4 is 16.0 Å². The lowest BCUT2D eigenvalue weighted by atomic mass is 9.81. The van der Waals surface area contributed by atoms with Crippen molar-refractivity contribution in [3.8, 4) is 0 Å². The van der Waals surface area contributed by atoms with Crippen LogP contribution in [0.25, 0.3) is 0 Å². The molecule has 1 aromatic carbocycles. The predicted octanol–water partition coefficient (Wildman–Crippen LogP) is 2.13. The quantitative estimate of drug-likeness (QED) is 0.892. The number of hydrogen-bond donors (Lipinski definition) is 2. The third-order valence-corrected chi connectivity index (χ3v) is 5.38. The molecule has 5 nitrogen and oxygen atoms in total. The minimum atomic E-state index is -3.57. The largest absolute Gasteiger partial charge is 0.481 e. The first-order valence-electron chi connectivity index (χ1n) is 6.95. The molecule has 1 aliphatic rings. The lowest BCUT2D eigenvalue weighted by molar-refractivity contribution is -0.145. The van der Waals surface area contributed by atoms with Gasteiger partial charge in [0.15, 0.2) is 0 Å². The maximum absolute atomic E-state index is 12.2. The molecule has 1 fully saturated rings. The van der Waals surface area contributed by atoms with Crippen molar-refractivity contribution in [1.29, 1.82) is 0 Å². The molecular formula is C15H21NO4S. The molecule has 116 valence electrons. The third kappa shape index (κ3) is 3.63. The fourth-order valence-corrected chi connectivity index (χ4v) is 3.60. The summed E-state index contributed by atoms with van der Waals surface area (Å²) in [7, 11) is -3.57. The molecule has 0 unspecified atom stereocenters.